The van der Waals surface area contributed by atoms with Crippen molar-refractivity contribution in [3.05, 3.63) is 44.5 Å². The normalized spacial score (nSPS) is 12.5. The highest BCUT2D eigenvalue weighted by molar-refractivity contribution is 5.75. The third-order valence-electron chi connectivity index (χ3n) is 2.57. The highest BCUT2D eigenvalue weighted by Gasteiger charge is 2.11. The number of carbonyl (C=O) groups is 1. The Morgan fingerprint density at radius 1 is 1.22 bits per heavy atom. The Balaban J connectivity index is 2.50. The van der Waals surface area contributed by atoms with Crippen molar-refractivity contribution >= 4 is 17.0 Å². The summed E-state index contributed by atoms with van der Waals surface area (Å²) in [6.07, 6.45) is -0.209. The fraction of sp³-hybridized carbons (Fsp3) is 0.182. The molecule has 1 unspecified atom stereocenters. The van der Waals surface area contributed by atoms with Gasteiger partial charge in [0.05, 0.1) is 17.5 Å². The molecule has 2 rings (SSSR count). The number of nitrogens with two attached hydrogens (primary N) is 1. The number of H-pyrrole nitrogens is 2. The SMILES string of the molecule is NC(CC(=O)O)c1ccc2[nH]c(=O)c(=O)[nH]c2c1. The first-order valence-corrected chi connectivity index (χ1v) is 5.21. The monoisotopic (exact) mass is 249 g/mol. The lowest BCUT2D eigenvalue weighted by Crippen LogP contribution is -2.29. The molecule has 1 aromatic heterocycles. The highest BCUT2D eigenvalue weighted by Crippen LogP contribution is 2.17. The molecule has 2 aromatic rings. The van der Waals surface area contributed by atoms with Crippen LogP contribution in [0.3, 0.4) is 0 Å². The molecule has 0 bridgehead atoms. The molecule has 1 heterocycles. The van der Waals surface area contributed by atoms with Crippen molar-refractivity contribution in [2.75, 3.05) is 0 Å². The first-order valence-electron chi connectivity index (χ1n) is 5.21. The Bertz CT molecular complexity index is 716. The Morgan fingerprint density at radius 2 is 1.83 bits per heavy atom. The van der Waals surface area contributed by atoms with Gasteiger partial charge in [-0.2, -0.15) is 0 Å². The van der Waals surface area contributed by atoms with Gasteiger partial charge in [-0.1, -0.05) is 6.07 Å². The fourth-order valence-electron chi connectivity index (χ4n) is 1.67. The molecule has 0 saturated carbocycles. The van der Waals surface area contributed by atoms with E-state index in [2.05, 4.69) is 9.97 Å². The van der Waals surface area contributed by atoms with Crippen LogP contribution in [0.25, 0.3) is 11.0 Å². The van der Waals surface area contributed by atoms with Crippen LogP contribution in [0, 0.1) is 0 Å². The lowest BCUT2D eigenvalue weighted by molar-refractivity contribution is -0.137. The molecule has 94 valence electrons. The average Bonchev–Trinajstić information content (AvgIpc) is 2.29. The molecule has 0 amide bonds. The van der Waals surface area contributed by atoms with Crippen LogP contribution in [0.2, 0.25) is 0 Å². The number of aromatic amines is 2. The second-order valence-electron chi connectivity index (χ2n) is 3.92. The highest BCUT2D eigenvalue weighted by atomic mass is 16.4. The zero-order chi connectivity index (χ0) is 13.3. The maximum atomic E-state index is 11.2. The molecule has 1 atom stereocenters. The van der Waals surface area contributed by atoms with Crippen LogP contribution in [-0.4, -0.2) is 21.0 Å². The number of hydrogen-bond donors (Lipinski definition) is 4. The molecule has 1 aromatic carbocycles. The summed E-state index contributed by atoms with van der Waals surface area (Å²) < 4.78 is 0. The molecule has 5 N–H and O–H groups in total. The maximum absolute atomic E-state index is 11.2. The van der Waals surface area contributed by atoms with Crippen LogP contribution in [0.5, 0.6) is 0 Å². The van der Waals surface area contributed by atoms with E-state index in [1.165, 1.54) is 0 Å². The number of aliphatic carboxylic acids is 1. The van der Waals surface area contributed by atoms with E-state index in [-0.39, 0.29) is 6.42 Å². The molecule has 7 heteroatoms. The molecular weight excluding hydrogens is 238 g/mol. The van der Waals surface area contributed by atoms with Gasteiger partial charge in [0.2, 0.25) is 0 Å². The fourth-order valence-corrected chi connectivity index (χ4v) is 1.67. The molecule has 0 spiro atoms. The van der Waals surface area contributed by atoms with Crippen molar-refractivity contribution in [3.63, 3.8) is 0 Å². The molecule has 0 aliphatic heterocycles. The second-order valence-corrected chi connectivity index (χ2v) is 3.92. The van der Waals surface area contributed by atoms with E-state index < -0.39 is 23.1 Å². The first-order chi connectivity index (χ1) is 8.47. The van der Waals surface area contributed by atoms with Crippen LogP contribution in [0.1, 0.15) is 18.0 Å². The van der Waals surface area contributed by atoms with E-state index in [0.717, 1.165) is 0 Å². The van der Waals surface area contributed by atoms with Gasteiger partial charge in [0.25, 0.3) is 0 Å². The van der Waals surface area contributed by atoms with Crippen molar-refractivity contribution in [1.29, 1.82) is 0 Å². The zero-order valence-electron chi connectivity index (χ0n) is 9.27. The predicted octanol–water partition coefficient (Wildman–Crippen LogP) is -0.309. The molecule has 0 aliphatic carbocycles. The number of carboxylic acids is 1. The van der Waals surface area contributed by atoms with E-state index in [9.17, 15) is 14.4 Å². The maximum Gasteiger partial charge on any atom is 0.314 e. The minimum atomic E-state index is -1.00. The van der Waals surface area contributed by atoms with Crippen LogP contribution < -0.4 is 16.9 Å². The van der Waals surface area contributed by atoms with Crippen molar-refractivity contribution in [3.8, 4) is 0 Å². The number of aromatic nitrogens is 2. The van der Waals surface area contributed by atoms with E-state index in [4.69, 9.17) is 10.8 Å². The third-order valence-corrected chi connectivity index (χ3v) is 2.57. The smallest absolute Gasteiger partial charge is 0.314 e. The number of benzene rings is 1. The Hall–Kier alpha value is -2.41. The summed E-state index contributed by atoms with van der Waals surface area (Å²) in [4.78, 5) is 37.6. The van der Waals surface area contributed by atoms with Gasteiger partial charge >= 0.3 is 17.1 Å². The van der Waals surface area contributed by atoms with Crippen molar-refractivity contribution in [1.82, 2.24) is 9.97 Å². The van der Waals surface area contributed by atoms with Crippen molar-refractivity contribution < 1.29 is 9.90 Å². The third kappa shape index (κ3) is 2.30. The topological polar surface area (TPSA) is 129 Å². The summed E-state index contributed by atoms with van der Waals surface area (Å²) in [6.45, 7) is 0. The van der Waals surface area contributed by atoms with Gasteiger partial charge in [-0.15, -0.1) is 0 Å². The summed E-state index contributed by atoms with van der Waals surface area (Å²) in [5, 5.41) is 8.65. The van der Waals surface area contributed by atoms with Crippen LogP contribution in [0.15, 0.2) is 27.8 Å². The van der Waals surface area contributed by atoms with Gasteiger partial charge < -0.3 is 20.8 Å². The number of hydrogen-bond acceptors (Lipinski definition) is 4. The van der Waals surface area contributed by atoms with Crippen molar-refractivity contribution in [2.45, 2.75) is 12.5 Å². The molecule has 18 heavy (non-hydrogen) atoms. The van der Waals surface area contributed by atoms with E-state index in [1.807, 2.05) is 0 Å². The summed E-state index contributed by atoms with van der Waals surface area (Å²) in [5.74, 6) is -1.00. The lowest BCUT2D eigenvalue weighted by Gasteiger charge is -2.09. The number of rotatable bonds is 3. The van der Waals surface area contributed by atoms with Gasteiger partial charge in [-0.3, -0.25) is 14.4 Å². The number of fused-ring (bicyclic) bond motifs is 1. The average molecular weight is 249 g/mol. The minimum absolute atomic E-state index is 0.209. The number of nitrogens with one attached hydrogen (secondary N) is 2. The molecule has 7 nitrogen and oxygen atoms in total. The molecule has 0 aliphatic rings. The predicted molar refractivity (Wildman–Crippen MR) is 64.4 cm³/mol. The lowest BCUT2D eigenvalue weighted by atomic mass is 10.0. The van der Waals surface area contributed by atoms with E-state index in [0.29, 0.717) is 16.6 Å². The largest absolute Gasteiger partial charge is 0.481 e. The zero-order valence-corrected chi connectivity index (χ0v) is 9.27. The van der Waals surface area contributed by atoms with Gasteiger partial charge in [-0.25, -0.2) is 0 Å². The second kappa shape index (κ2) is 4.46. The Kier molecular flexibility index (Phi) is 2.99. The molecular formula is C11H11N3O4. The van der Waals surface area contributed by atoms with Crippen LogP contribution in [-0.2, 0) is 4.79 Å². The van der Waals surface area contributed by atoms with E-state index >= 15 is 0 Å². The summed E-state index contributed by atoms with van der Waals surface area (Å²) in [7, 11) is 0. The van der Waals surface area contributed by atoms with Crippen LogP contribution >= 0.6 is 0 Å². The number of carboxylic acid groups (broad SMARTS) is 1. The summed E-state index contributed by atoms with van der Waals surface area (Å²) in [5.41, 5.74) is 5.68. The van der Waals surface area contributed by atoms with Crippen LogP contribution in [0.4, 0.5) is 0 Å². The molecule has 0 radical (unpaired) electrons. The van der Waals surface area contributed by atoms with Crippen molar-refractivity contribution in [2.24, 2.45) is 5.73 Å². The molecule has 0 saturated heterocycles. The van der Waals surface area contributed by atoms with E-state index in [1.54, 1.807) is 18.2 Å². The summed E-state index contributed by atoms with van der Waals surface area (Å²) >= 11 is 0. The minimum Gasteiger partial charge on any atom is -0.481 e. The quantitative estimate of drug-likeness (QED) is 0.554. The van der Waals surface area contributed by atoms with Gasteiger partial charge in [0, 0.05) is 6.04 Å². The van der Waals surface area contributed by atoms with Gasteiger partial charge in [-0.05, 0) is 17.7 Å². The molecule has 0 fully saturated rings. The Labute approximate surface area is 100 Å². The Morgan fingerprint density at radius 3 is 2.44 bits per heavy atom. The summed E-state index contributed by atoms with van der Waals surface area (Å²) in [6, 6.07) is 4.08. The standard InChI is InChI=1S/C11H11N3O4/c12-6(4-9(15)16)5-1-2-7-8(3-5)14-11(18)10(17)13-7/h1-3,6H,4,12H2,(H,13,17)(H,14,18)(H,15,16). The van der Waals surface area contributed by atoms with Gasteiger partial charge in [0.1, 0.15) is 0 Å². The van der Waals surface area contributed by atoms with Gasteiger partial charge in [0.15, 0.2) is 0 Å². The first kappa shape index (κ1) is 12.1.